The van der Waals surface area contributed by atoms with E-state index in [1.807, 2.05) is 26.0 Å². The maximum Gasteiger partial charge on any atom is 0.278 e. The zero-order valence-corrected chi connectivity index (χ0v) is 18.7. The van der Waals surface area contributed by atoms with E-state index in [9.17, 15) is 9.18 Å². The lowest BCUT2D eigenvalue weighted by atomic mass is 10.2. The SMILES string of the molecule is CC(C)Oc1ccc(Nc2ncc(NCCCO)c(=O)n2Cc2ccc(Cl)cc2)cc1F. The van der Waals surface area contributed by atoms with Crippen LogP contribution in [0.5, 0.6) is 5.75 Å². The van der Waals surface area contributed by atoms with Crippen LogP contribution in [0.1, 0.15) is 25.8 Å². The van der Waals surface area contributed by atoms with E-state index >= 15 is 0 Å². The molecule has 7 nitrogen and oxygen atoms in total. The van der Waals surface area contributed by atoms with Crippen LogP contribution in [-0.4, -0.2) is 33.9 Å². The summed E-state index contributed by atoms with van der Waals surface area (Å²) in [4.78, 5) is 17.5. The van der Waals surface area contributed by atoms with Gasteiger partial charge in [-0.1, -0.05) is 23.7 Å². The van der Waals surface area contributed by atoms with Crippen LogP contribution >= 0.6 is 11.6 Å². The minimum absolute atomic E-state index is 0.0150. The van der Waals surface area contributed by atoms with E-state index < -0.39 is 5.82 Å². The van der Waals surface area contributed by atoms with Gasteiger partial charge in [-0.05, 0) is 50.1 Å². The van der Waals surface area contributed by atoms with Crippen molar-refractivity contribution in [3.05, 3.63) is 75.4 Å². The van der Waals surface area contributed by atoms with Gasteiger partial charge in [-0.3, -0.25) is 9.36 Å². The van der Waals surface area contributed by atoms with Crippen molar-refractivity contribution in [2.45, 2.75) is 32.9 Å². The molecule has 0 aliphatic heterocycles. The van der Waals surface area contributed by atoms with Crippen LogP contribution in [0.2, 0.25) is 5.02 Å². The molecule has 3 rings (SSSR count). The topological polar surface area (TPSA) is 88.4 Å². The Kier molecular flexibility index (Phi) is 8.08. The molecule has 1 heterocycles. The van der Waals surface area contributed by atoms with Crippen molar-refractivity contribution in [2.75, 3.05) is 23.8 Å². The summed E-state index contributed by atoms with van der Waals surface area (Å²) in [7, 11) is 0. The first-order chi connectivity index (χ1) is 15.4. The van der Waals surface area contributed by atoms with Gasteiger partial charge >= 0.3 is 0 Å². The van der Waals surface area contributed by atoms with E-state index in [0.717, 1.165) is 5.56 Å². The summed E-state index contributed by atoms with van der Waals surface area (Å²) in [5, 5.41) is 15.6. The number of aliphatic hydroxyl groups is 1. The quantitative estimate of drug-likeness (QED) is 0.388. The van der Waals surface area contributed by atoms with E-state index in [-0.39, 0.29) is 36.5 Å². The van der Waals surface area contributed by atoms with Gasteiger partial charge in [0, 0.05) is 29.9 Å². The van der Waals surface area contributed by atoms with Crippen LogP contribution in [0.3, 0.4) is 0 Å². The van der Waals surface area contributed by atoms with Crippen molar-refractivity contribution in [3.8, 4) is 5.75 Å². The van der Waals surface area contributed by atoms with Crippen molar-refractivity contribution in [2.24, 2.45) is 0 Å². The zero-order valence-electron chi connectivity index (χ0n) is 17.9. The van der Waals surface area contributed by atoms with E-state index in [4.69, 9.17) is 21.4 Å². The number of aromatic nitrogens is 2. The highest BCUT2D eigenvalue weighted by Gasteiger charge is 2.13. The maximum atomic E-state index is 14.4. The highest BCUT2D eigenvalue weighted by molar-refractivity contribution is 6.30. The number of halogens is 2. The van der Waals surface area contributed by atoms with Crippen molar-refractivity contribution >= 4 is 28.9 Å². The number of hydrogen-bond acceptors (Lipinski definition) is 6. The van der Waals surface area contributed by atoms with Crippen LogP contribution in [-0.2, 0) is 6.54 Å². The molecule has 0 radical (unpaired) electrons. The third-order valence-corrected chi connectivity index (χ3v) is 4.75. The molecule has 0 aliphatic carbocycles. The summed E-state index contributed by atoms with van der Waals surface area (Å²) in [6.45, 7) is 4.32. The summed E-state index contributed by atoms with van der Waals surface area (Å²) >= 11 is 5.97. The summed E-state index contributed by atoms with van der Waals surface area (Å²) in [6, 6.07) is 11.6. The van der Waals surface area contributed by atoms with Gasteiger partial charge in [0.1, 0.15) is 5.69 Å². The molecular formula is C23H26ClFN4O3. The van der Waals surface area contributed by atoms with E-state index in [0.29, 0.717) is 29.4 Å². The minimum atomic E-state index is -0.516. The molecule has 0 fully saturated rings. The maximum absolute atomic E-state index is 14.4. The molecular weight excluding hydrogens is 435 g/mol. The zero-order chi connectivity index (χ0) is 23.1. The van der Waals surface area contributed by atoms with E-state index in [1.165, 1.54) is 22.9 Å². The second kappa shape index (κ2) is 11.0. The number of rotatable bonds is 10. The Balaban J connectivity index is 1.93. The Bertz CT molecular complexity index is 1100. The van der Waals surface area contributed by atoms with Crippen LogP contribution in [0.4, 0.5) is 21.7 Å². The molecule has 3 N–H and O–H groups in total. The number of anilines is 3. The normalized spacial score (nSPS) is 10.9. The second-order valence-corrected chi connectivity index (χ2v) is 7.89. The smallest absolute Gasteiger partial charge is 0.278 e. The number of nitrogens with zero attached hydrogens (tertiary/aromatic N) is 2. The fraction of sp³-hybridized carbons (Fsp3) is 0.304. The molecule has 0 saturated carbocycles. The molecule has 3 aromatic rings. The van der Waals surface area contributed by atoms with Crippen LogP contribution in [0, 0.1) is 5.82 Å². The Morgan fingerprint density at radius 1 is 1.22 bits per heavy atom. The Morgan fingerprint density at radius 3 is 2.62 bits per heavy atom. The van der Waals surface area contributed by atoms with Crippen molar-refractivity contribution in [3.63, 3.8) is 0 Å². The molecule has 0 amide bonds. The lowest BCUT2D eigenvalue weighted by molar-refractivity contribution is 0.231. The average molecular weight is 461 g/mol. The summed E-state index contributed by atoms with van der Waals surface area (Å²) in [6.07, 6.45) is 1.77. The number of hydrogen-bond donors (Lipinski definition) is 3. The Hall–Kier alpha value is -3.10. The largest absolute Gasteiger partial charge is 0.488 e. The molecule has 0 saturated heterocycles. The fourth-order valence-corrected chi connectivity index (χ4v) is 3.12. The van der Waals surface area contributed by atoms with Gasteiger partial charge in [-0.25, -0.2) is 9.37 Å². The Labute approximate surface area is 190 Å². The van der Waals surface area contributed by atoms with Gasteiger partial charge in [0.15, 0.2) is 11.6 Å². The summed E-state index contributed by atoms with van der Waals surface area (Å²) < 4.78 is 21.3. The lowest BCUT2D eigenvalue weighted by Crippen LogP contribution is -2.27. The highest BCUT2D eigenvalue weighted by atomic mass is 35.5. The minimum Gasteiger partial charge on any atom is -0.488 e. The van der Waals surface area contributed by atoms with Crippen molar-refractivity contribution < 1.29 is 14.2 Å². The number of ether oxygens (including phenoxy) is 1. The van der Waals surface area contributed by atoms with Crippen LogP contribution in [0.15, 0.2) is 53.5 Å². The van der Waals surface area contributed by atoms with Gasteiger partial charge in [-0.2, -0.15) is 0 Å². The molecule has 0 unspecified atom stereocenters. The molecule has 9 heteroatoms. The molecule has 1 aromatic heterocycles. The second-order valence-electron chi connectivity index (χ2n) is 7.45. The third-order valence-electron chi connectivity index (χ3n) is 4.50. The van der Waals surface area contributed by atoms with E-state index in [1.54, 1.807) is 18.2 Å². The van der Waals surface area contributed by atoms with Gasteiger partial charge in [0.25, 0.3) is 5.56 Å². The highest BCUT2D eigenvalue weighted by Crippen LogP contribution is 2.24. The van der Waals surface area contributed by atoms with Crippen LogP contribution < -0.4 is 20.9 Å². The van der Waals surface area contributed by atoms with Crippen molar-refractivity contribution in [1.82, 2.24) is 9.55 Å². The molecule has 170 valence electrons. The van der Waals surface area contributed by atoms with Crippen LogP contribution in [0.25, 0.3) is 0 Å². The average Bonchev–Trinajstić information content (AvgIpc) is 2.75. The predicted molar refractivity (Wildman–Crippen MR) is 125 cm³/mol. The van der Waals surface area contributed by atoms with Gasteiger partial charge < -0.3 is 20.5 Å². The molecule has 0 atom stereocenters. The number of nitrogens with one attached hydrogen (secondary N) is 2. The van der Waals surface area contributed by atoms with Gasteiger partial charge in [-0.15, -0.1) is 0 Å². The molecule has 0 aliphatic rings. The summed E-state index contributed by atoms with van der Waals surface area (Å²) in [5.74, 6) is -0.104. The summed E-state index contributed by atoms with van der Waals surface area (Å²) in [5.41, 5.74) is 1.29. The predicted octanol–water partition coefficient (Wildman–Crippen LogP) is 4.41. The first-order valence-electron chi connectivity index (χ1n) is 10.3. The Morgan fingerprint density at radius 2 is 1.97 bits per heavy atom. The standard InChI is InChI=1S/C23H26ClFN4O3/c1-15(2)32-21-9-8-18(12-19(21)25)28-23-27-13-20(26-10-3-11-30)22(31)29(23)14-16-4-6-17(24)7-5-16/h4-9,12-13,15,26,30H,3,10-11,14H2,1-2H3,(H,27,28). The fourth-order valence-electron chi connectivity index (χ4n) is 2.99. The first kappa shape index (κ1) is 23.6. The van der Waals surface area contributed by atoms with Gasteiger partial charge in [0.05, 0.1) is 18.8 Å². The van der Waals surface area contributed by atoms with Gasteiger partial charge in [0.2, 0.25) is 5.95 Å². The lowest BCUT2D eigenvalue weighted by Gasteiger charge is -2.17. The number of aliphatic hydroxyl groups excluding tert-OH is 1. The van der Waals surface area contributed by atoms with Crippen molar-refractivity contribution in [1.29, 1.82) is 0 Å². The molecule has 32 heavy (non-hydrogen) atoms. The first-order valence-corrected chi connectivity index (χ1v) is 10.7. The monoisotopic (exact) mass is 460 g/mol. The van der Waals surface area contributed by atoms with E-state index in [2.05, 4.69) is 15.6 Å². The molecule has 0 bridgehead atoms. The molecule has 0 spiro atoms. The molecule has 2 aromatic carbocycles. The third kappa shape index (κ3) is 6.21. The number of benzene rings is 2.